The molecule has 1 N–H and O–H groups in total. The molecule has 0 aliphatic carbocycles. The first-order valence-electron chi connectivity index (χ1n) is 7.34. The van der Waals surface area contributed by atoms with Gasteiger partial charge >= 0.3 is 0 Å². The van der Waals surface area contributed by atoms with E-state index in [2.05, 4.69) is 34.5 Å². The molecule has 2 nitrogen and oxygen atoms in total. The smallest absolute Gasteiger partial charge is 0.0236 e. The Kier molecular flexibility index (Phi) is 5.69. The van der Waals surface area contributed by atoms with E-state index in [-0.39, 0.29) is 0 Å². The summed E-state index contributed by atoms with van der Waals surface area (Å²) in [7, 11) is 2.02. The summed E-state index contributed by atoms with van der Waals surface area (Å²) in [5, 5.41) is 3.27. The molecule has 1 saturated heterocycles. The molecule has 0 spiro atoms. The van der Waals surface area contributed by atoms with Crippen LogP contribution in [0, 0.1) is 0 Å². The van der Waals surface area contributed by atoms with Crippen LogP contribution in [0.15, 0.2) is 24.3 Å². The molecule has 2 heteroatoms. The van der Waals surface area contributed by atoms with Gasteiger partial charge in [0.1, 0.15) is 0 Å². The monoisotopic (exact) mass is 246 g/mol. The lowest BCUT2D eigenvalue weighted by Gasteiger charge is -2.25. The Labute approximate surface area is 111 Å². The minimum Gasteiger partial charge on any atom is -0.316 e. The Hall–Kier alpha value is -0.860. The molecular formula is C16H26N2. The zero-order valence-electron chi connectivity index (χ0n) is 11.6. The highest BCUT2D eigenvalue weighted by atomic mass is 15.1. The maximum Gasteiger partial charge on any atom is 0.0236 e. The summed E-state index contributed by atoms with van der Waals surface area (Å²) in [5.41, 5.74) is 2.94. The van der Waals surface area contributed by atoms with Crippen LogP contribution < -0.4 is 5.32 Å². The number of benzene rings is 1. The fourth-order valence-electron chi connectivity index (χ4n) is 2.79. The van der Waals surface area contributed by atoms with Gasteiger partial charge in [-0.1, -0.05) is 43.5 Å². The molecule has 18 heavy (non-hydrogen) atoms. The van der Waals surface area contributed by atoms with Crippen molar-refractivity contribution in [3.05, 3.63) is 35.4 Å². The number of nitrogens with zero attached hydrogens (tertiary/aromatic N) is 1. The Morgan fingerprint density at radius 1 is 0.944 bits per heavy atom. The largest absolute Gasteiger partial charge is 0.316 e. The van der Waals surface area contributed by atoms with Crippen LogP contribution in [0.1, 0.15) is 43.2 Å². The van der Waals surface area contributed by atoms with Crippen molar-refractivity contribution >= 4 is 0 Å². The van der Waals surface area contributed by atoms with Gasteiger partial charge in [-0.05, 0) is 44.1 Å². The second-order valence-corrected chi connectivity index (χ2v) is 5.34. The van der Waals surface area contributed by atoms with E-state index in [1.807, 2.05) is 7.05 Å². The third-order valence-electron chi connectivity index (χ3n) is 3.83. The standard InChI is InChI=1S/C16H26N2/c1-17-13-15-9-5-6-10-16(15)14-18-11-7-3-2-4-8-12-18/h5-6,9-10,17H,2-4,7-8,11-14H2,1H3. The first-order chi connectivity index (χ1) is 8.90. The van der Waals surface area contributed by atoms with Gasteiger partial charge < -0.3 is 5.32 Å². The number of likely N-dealkylation sites (tertiary alicyclic amines) is 1. The molecule has 0 bridgehead atoms. The molecule has 1 aromatic rings. The lowest BCUT2D eigenvalue weighted by Crippen LogP contribution is -2.27. The van der Waals surface area contributed by atoms with E-state index < -0.39 is 0 Å². The van der Waals surface area contributed by atoms with Gasteiger partial charge in [0, 0.05) is 13.1 Å². The first kappa shape index (κ1) is 13.6. The van der Waals surface area contributed by atoms with Crippen molar-refractivity contribution < 1.29 is 0 Å². The van der Waals surface area contributed by atoms with Gasteiger partial charge in [-0.15, -0.1) is 0 Å². The highest BCUT2D eigenvalue weighted by Gasteiger charge is 2.10. The van der Waals surface area contributed by atoms with Crippen LogP contribution in [0.2, 0.25) is 0 Å². The van der Waals surface area contributed by atoms with Gasteiger partial charge in [0.25, 0.3) is 0 Å². The van der Waals surface area contributed by atoms with Gasteiger partial charge in [-0.25, -0.2) is 0 Å². The highest BCUT2D eigenvalue weighted by Crippen LogP contribution is 2.16. The van der Waals surface area contributed by atoms with E-state index in [0.717, 1.165) is 13.1 Å². The molecule has 1 fully saturated rings. The van der Waals surface area contributed by atoms with E-state index in [0.29, 0.717) is 0 Å². The lowest BCUT2D eigenvalue weighted by atomic mass is 10.0. The Bertz CT molecular complexity index is 341. The maximum atomic E-state index is 3.27. The van der Waals surface area contributed by atoms with Crippen molar-refractivity contribution in [3.63, 3.8) is 0 Å². The zero-order chi connectivity index (χ0) is 12.6. The predicted octanol–water partition coefficient (Wildman–Crippen LogP) is 3.17. The van der Waals surface area contributed by atoms with E-state index in [4.69, 9.17) is 0 Å². The number of nitrogens with one attached hydrogen (secondary N) is 1. The lowest BCUT2D eigenvalue weighted by molar-refractivity contribution is 0.239. The molecule has 1 aliphatic heterocycles. The van der Waals surface area contributed by atoms with Gasteiger partial charge in [0.15, 0.2) is 0 Å². The predicted molar refractivity (Wildman–Crippen MR) is 77.6 cm³/mol. The summed E-state index contributed by atoms with van der Waals surface area (Å²) in [5.74, 6) is 0. The normalized spacial score (nSPS) is 18.3. The van der Waals surface area contributed by atoms with Crippen LogP contribution in [0.4, 0.5) is 0 Å². The summed E-state index contributed by atoms with van der Waals surface area (Å²) < 4.78 is 0. The highest BCUT2D eigenvalue weighted by molar-refractivity contribution is 5.26. The molecule has 1 aliphatic rings. The van der Waals surface area contributed by atoms with Crippen molar-refractivity contribution in [3.8, 4) is 0 Å². The second-order valence-electron chi connectivity index (χ2n) is 5.34. The molecule has 1 aromatic carbocycles. The fourth-order valence-corrected chi connectivity index (χ4v) is 2.79. The molecule has 2 rings (SSSR count). The fraction of sp³-hybridized carbons (Fsp3) is 0.625. The van der Waals surface area contributed by atoms with Crippen LogP contribution in [0.25, 0.3) is 0 Å². The van der Waals surface area contributed by atoms with Gasteiger partial charge in [-0.3, -0.25) is 4.90 Å². The van der Waals surface area contributed by atoms with Gasteiger partial charge in [0.2, 0.25) is 0 Å². The average molecular weight is 246 g/mol. The summed E-state index contributed by atoms with van der Waals surface area (Å²) in [4.78, 5) is 2.63. The minimum absolute atomic E-state index is 0.976. The van der Waals surface area contributed by atoms with Crippen LogP contribution in [-0.2, 0) is 13.1 Å². The summed E-state index contributed by atoms with van der Waals surface area (Å²) in [6, 6.07) is 8.84. The van der Waals surface area contributed by atoms with Gasteiger partial charge in [-0.2, -0.15) is 0 Å². The van der Waals surface area contributed by atoms with Crippen LogP contribution in [0.5, 0.6) is 0 Å². The SMILES string of the molecule is CNCc1ccccc1CN1CCCCCCC1. The van der Waals surface area contributed by atoms with E-state index in [1.54, 1.807) is 0 Å². The minimum atomic E-state index is 0.976. The van der Waals surface area contributed by atoms with Crippen molar-refractivity contribution in [2.24, 2.45) is 0 Å². The quantitative estimate of drug-likeness (QED) is 0.878. The maximum absolute atomic E-state index is 3.27. The number of hydrogen-bond acceptors (Lipinski definition) is 2. The van der Waals surface area contributed by atoms with Crippen molar-refractivity contribution in [2.75, 3.05) is 20.1 Å². The third-order valence-corrected chi connectivity index (χ3v) is 3.83. The van der Waals surface area contributed by atoms with Crippen LogP contribution >= 0.6 is 0 Å². The molecule has 0 unspecified atom stereocenters. The molecule has 0 amide bonds. The van der Waals surface area contributed by atoms with Crippen LogP contribution in [0.3, 0.4) is 0 Å². The Balaban J connectivity index is 1.98. The van der Waals surface area contributed by atoms with Crippen molar-refractivity contribution in [1.82, 2.24) is 10.2 Å². The zero-order valence-corrected chi connectivity index (χ0v) is 11.6. The molecule has 0 saturated carbocycles. The molecule has 100 valence electrons. The number of hydrogen-bond donors (Lipinski definition) is 1. The van der Waals surface area contributed by atoms with Crippen LogP contribution in [-0.4, -0.2) is 25.0 Å². The summed E-state index contributed by atoms with van der Waals surface area (Å²) in [6.07, 6.45) is 7.00. The summed E-state index contributed by atoms with van der Waals surface area (Å²) in [6.45, 7) is 4.64. The Morgan fingerprint density at radius 2 is 1.56 bits per heavy atom. The summed E-state index contributed by atoms with van der Waals surface area (Å²) >= 11 is 0. The molecule has 0 radical (unpaired) electrons. The second kappa shape index (κ2) is 7.55. The molecule has 1 heterocycles. The van der Waals surface area contributed by atoms with E-state index >= 15 is 0 Å². The average Bonchev–Trinajstić information content (AvgIpc) is 2.35. The first-order valence-corrected chi connectivity index (χ1v) is 7.34. The van der Waals surface area contributed by atoms with Gasteiger partial charge in [0.05, 0.1) is 0 Å². The third kappa shape index (κ3) is 4.11. The Morgan fingerprint density at radius 3 is 2.22 bits per heavy atom. The van der Waals surface area contributed by atoms with E-state index in [1.165, 1.54) is 56.3 Å². The molecular weight excluding hydrogens is 220 g/mol. The van der Waals surface area contributed by atoms with Crippen molar-refractivity contribution in [1.29, 1.82) is 0 Å². The molecule has 0 atom stereocenters. The van der Waals surface area contributed by atoms with Crippen molar-refractivity contribution in [2.45, 2.75) is 45.2 Å². The number of rotatable bonds is 4. The molecule has 0 aromatic heterocycles. The topological polar surface area (TPSA) is 15.3 Å². The van der Waals surface area contributed by atoms with E-state index in [9.17, 15) is 0 Å².